The summed E-state index contributed by atoms with van der Waals surface area (Å²) in [6.07, 6.45) is 1.58. The normalized spacial score (nSPS) is 16.6. The van der Waals surface area contributed by atoms with Crippen molar-refractivity contribution in [3.05, 3.63) is 16.3 Å². The lowest BCUT2D eigenvalue weighted by Crippen LogP contribution is -2.41. The van der Waals surface area contributed by atoms with Gasteiger partial charge in [0.05, 0.1) is 19.5 Å². The maximum Gasteiger partial charge on any atom is 0.262 e. The van der Waals surface area contributed by atoms with Crippen LogP contribution < -0.4 is 5.32 Å². The van der Waals surface area contributed by atoms with Crippen molar-refractivity contribution in [2.24, 2.45) is 0 Å². The van der Waals surface area contributed by atoms with E-state index in [4.69, 9.17) is 4.74 Å². The number of hydrogen-bond donors (Lipinski definition) is 1. The van der Waals surface area contributed by atoms with Gasteiger partial charge in [0, 0.05) is 32.7 Å². The van der Waals surface area contributed by atoms with Crippen molar-refractivity contribution in [3.63, 3.8) is 0 Å². The summed E-state index contributed by atoms with van der Waals surface area (Å²) in [5.41, 5.74) is 0. The second-order valence-electron chi connectivity index (χ2n) is 5.99. The predicted octanol–water partition coefficient (Wildman–Crippen LogP) is 0.170. The van der Waals surface area contributed by atoms with Crippen LogP contribution in [0.1, 0.15) is 23.0 Å². The Labute approximate surface area is 164 Å². The molecule has 1 amide bonds. The monoisotopic (exact) mass is 439 g/mol. The van der Waals surface area contributed by atoms with Crippen LogP contribution in [0.3, 0.4) is 0 Å². The van der Waals surface area contributed by atoms with Crippen LogP contribution >= 0.6 is 11.3 Å². The van der Waals surface area contributed by atoms with E-state index in [0.29, 0.717) is 32.7 Å². The molecule has 0 radical (unpaired) electrons. The lowest BCUT2D eigenvalue weighted by Gasteiger charge is -2.26. The Kier molecular flexibility index (Phi) is 7.77. The van der Waals surface area contributed by atoms with Crippen molar-refractivity contribution in [2.45, 2.75) is 18.2 Å². The number of carbonyl (C=O) groups excluding carboxylic acids is 1. The minimum absolute atomic E-state index is 0.00165. The average Bonchev–Trinajstić information content (AvgIpc) is 3.12. The van der Waals surface area contributed by atoms with Crippen molar-refractivity contribution in [1.29, 1.82) is 0 Å². The van der Waals surface area contributed by atoms with Crippen LogP contribution in [0.2, 0.25) is 0 Å². The summed E-state index contributed by atoms with van der Waals surface area (Å²) >= 11 is 1.07. The number of hydrogen-bond acceptors (Lipinski definition) is 7. The zero-order valence-corrected chi connectivity index (χ0v) is 17.8. The molecule has 0 bridgehead atoms. The van der Waals surface area contributed by atoms with Gasteiger partial charge in [-0.05, 0) is 17.9 Å². The fourth-order valence-corrected chi connectivity index (χ4v) is 6.34. The second kappa shape index (κ2) is 9.43. The van der Waals surface area contributed by atoms with Gasteiger partial charge in [-0.3, -0.25) is 4.79 Å². The molecule has 0 atom stereocenters. The van der Waals surface area contributed by atoms with Gasteiger partial charge in [-0.25, -0.2) is 21.1 Å². The molecule has 0 unspecified atom stereocenters. The minimum Gasteiger partial charge on any atom is -0.379 e. The van der Waals surface area contributed by atoms with E-state index in [-0.39, 0.29) is 29.4 Å². The van der Waals surface area contributed by atoms with Gasteiger partial charge in [-0.1, -0.05) is 6.92 Å². The number of amides is 1. The summed E-state index contributed by atoms with van der Waals surface area (Å²) in [6, 6.07) is 1.44. The summed E-state index contributed by atoms with van der Waals surface area (Å²) in [7, 11) is -7.02. The molecule has 1 aromatic rings. The van der Waals surface area contributed by atoms with Gasteiger partial charge in [0.2, 0.25) is 20.0 Å². The average molecular weight is 440 g/mol. The second-order valence-corrected chi connectivity index (χ2v) is 10.8. The molecule has 2 heterocycles. The Bertz CT molecular complexity index is 844. The lowest BCUT2D eigenvalue weighted by molar-refractivity contribution is 0.0730. The van der Waals surface area contributed by atoms with Gasteiger partial charge in [0.25, 0.3) is 5.91 Å². The first kappa shape index (κ1) is 22.2. The summed E-state index contributed by atoms with van der Waals surface area (Å²) in [4.78, 5) is 12.6. The van der Waals surface area contributed by atoms with Crippen LogP contribution in [-0.2, 0) is 24.8 Å². The number of thiophene rings is 1. The SMILES string of the molecule is CCN(CCCNC(=O)c1sccc1S(=O)(=O)N1CCOCC1)S(C)(=O)=O. The minimum atomic E-state index is -3.75. The van der Waals surface area contributed by atoms with Crippen molar-refractivity contribution >= 4 is 37.3 Å². The number of rotatable bonds is 9. The molecule has 27 heavy (non-hydrogen) atoms. The van der Waals surface area contributed by atoms with Gasteiger partial charge >= 0.3 is 0 Å². The van der Waals surface area contributed by atoms with E-state index in [0.717, 1.165) is 17.6 Å². The molecule has 9 nitrogen and oxygen atoms in total. The smallest absolute Gasteiger partial charge is 0.262 e. The molecule has 0 aromatic carbocycles. The Morgan fingerprint density at radius 3 is 2.56 bits per heavy atom. The number of nitrogens with zero attached hydrogens (tertiary/aromatic N) is 2. The van der Waals surface area contributed by atoms with Crippen LogP contribution in [-0.4, -0.2) is 83.5 Å². The predicted molar refractivity (Wildman–Crippen MR) is 103 cm³/mol. The van der Waals surface area contributed by atoms with Crippen molar-refractivity contribution < 1.29 is 26.4 Å². The van der Waals surface area contributed by atoms with E-state index in [1.165, 1.54) is 14.7 Å². The number of sulfonamides is 2. The standard InChI is InChI=1S/C15H25N3O6S3/c1-3-17(26(2,20)21)7-4-6-16-15(19)14-13(5-12-25-14)27(22,23)18-8-10-24-11-9-18/h5,12H,3-4,6-11H2,1-2H3,(H,16,19). The maximum atomic E-state index is 12.8. The molecule has 1 aromatic heterocycles. The van der Waals surface area contributed by atoms with Gasteiger partial charge in [-0.2, -0.15) is 4.31 Å². The van der Waals surface area contributed by atoms with E-state index in [1.54, 1.807) is 12.3 Å². The topological polar surface area (TPSA) is 113 Å². The summed E-state index contributed by atoms with van der Waals surface area (Å²) in [5, 5.41) is 4.25. The van der Waals surface area contributed by atoms with E-state index in [9.17, 15) is 21.6 Å². The highest BCUT2D eigenvalue weighted by molar-refractivity contribution is 7.89. The van der Waals surface area contributed by atoms with E-state index in [2.05, 4.69) is 5.32 Å². The highest BCUT2D eigenvalue weighted by atomic mass is 32.2. The Balaban J connectivity index is 1.97. The number of ether oxygens (including phenoxy) is 1. The molecule has 0 spiro atoms. The molecule has 2 rings (SSSR count). The van der Waals surface area contributed by atoms with Crippen molar-refractivity contribution in [3.8, 4) is 0 Å². The molecular formula is C15H25N3O6S3. The van der Waals surface area contributed by atoms with E-state index >= 15 is 0 Å². The third-order valence-corrected chi connectivity index (χ3v) is 8.48. The molecule has 154 valence electrons. The molecule has 0 aliphatic carbocycles. The van der Waals surface area contributed by atoms with Crippen LogP contribution in [0.15, 0.2) is 16.3 Å². The molecule has 12 heteroatoms. The number of morpholine rings is 1. The largest absolute Gasteiger partial charge is 0.379 e. The van der Waals surface area contributed by atoms with E-state index < -0.39 is 26.0 Å². The molecule has 1 N–H and O–H groups in total. The van der Waals surface area contributed by atoms with Gasteiger partial charge < -0.3 is 10.1 Å². The first-order valence-corrected chi connectivity index (χ1v) is 12.7. The van der Waals surface area contributed by atoms with Gasteiger partial charge in [-0.15, -0.1) is 11.3 Å². The first-order valence-electron chi connectivity index (χ1n) is 8.56. The molecule has 1 aliphatic heterocycles. The van der Waals surface area contributed by atoms with Crippen LogP contribution in [0.5, 0.6) is 0 Å². The summed E-state index contributed by atoms with van der Waals surface area (Å²) < 4.78 is 56.4. The maximum absolute atomic E-state index is 12.8. The van der Waals surface area contributed by atoms with Crippen LogP contribution in [0.25, 0.3) is 0 Å². The van der Waals surface area contributed by atoms with Crippen LogP contribution in [0.4, 0.5) is 0 Å². The third-order valence-electron chi connectivity index (χ3n) is 4.11. The van der Waals surface area contributed by atoms with Crippen molar-refractivity contribution in [1.82, 2.24) is 13.9 Å². The van der Waals surface area contributed by atoms with Gasteiger partial charge in [0.1, 0.15) is 9.77 Å². The number of nitrogens with one attached hydrogen (secondary N) is 1. The molecule has 1 aliphatic rings. The van der Waals surface area contributed by atoms with Crippen LogP contribution in [0, 0.1) is 0 Å². The number of carbonyl (C=O) groups is 1. The molecule has 1 saturated heterocycles. The van der Waals surface area contributed by atoms with Gasteiger partial charge in [0.15, 0.2) is 0 Å². The Morgan fingerprint density at radius 1 is 1.30 bits per heavy atom. The summed E-state index contributed by atoms with van der Waals surface area (Å²) in [5.74, 6) is -0.473. The zero-order valence-electron chi connectivity index (χ0n) is 15.4. The van der Waals surface area contributed by atoms with Crippen molar-refractivity contribution in [2.75, 3.05) is 52.2 Å². The molecule has 0 saturated carbocycles. The highest BCUT2D eigenvalue weighted by Crippen LogP contribution is 2.25. The summed E-state index contributed by atoms with van der Waals surface area (Å²) in [6.45, 7) is 3.83. The Morgan fingerprint density at radius 2 is 1.96 bits per heavy atom. The highest BCUT2D eigenvalue weighted by Gasteiger charge is 2.31. The first-order chi connectivity index (χ1) is 12.7. The molecule has 1 fully saturated rings. The third kappa shape index (κ3) is 5.72. The lowest BCUT2D eigenvalue weighted by atomic mass is 10.4. The van der Waals surface area contributed by atoms with E-state index in [1.807, 2.05) is 0 Å². The molecular weight excluding hydrogens is 414 g/mol. The quantitative estimate of drug-likeness (QED) is 0.549. The Hall–Kier alpha value is -1.05. The fraction of sp³-hybridized carbons (Fsp3) is 0.667. The zero-order chi connectivity index (χ0) is 20.1. The fourth-order valence-electron chi connectivity index (χ4n) is 2.69.